The lowest BCUT2D eigenvalue weighted by molar-refractivity contribution is -0.113. The number of amides is 1. The summed E-state index contributed by atoms with van der Waals surface area (Å²) in [6, 6.07) is 13.3. The molecule has 1 N–H and O–H groups in total. The van der Waals surface area contributed by atoms with Gasteiger partial charge < -0.3 is 10.1 Å². The van der Waals surface area contributed by atoms with Crippen LogP contribution in [0.1, 0.15) is 5.56 Å². The summed E-state index contributed by atoms with van der Waals surface area (Å²) in [6.07, 6.45) is 13.4. The maximum atomic E-state index is 12.0. The standard InChI is InChI=1S/C23H18N4O2/c28-22-10-4-2-1-3-7-13-29-18-11-12-21-19(14-18)23(26-16-25-21)27-20-9-6-5-8-17(20)15-24-22/h1-12,14-16H,13H2,(H,25,26,27)/b2-1-,7-3-,10-4-,24-15?. The van der Waals surface area contributed by atoms with Crippen LogP contribution in [0.5, 0.6) is 5.75 Å². The smallest absolute Gasteiger partial charge is 0.269 e. The van der Waals surface area contributed by atoms with E-state index in [2.05, 4.69) is 20.3 Å². The van der Waals surface area contributed by atoms with E-state index in [1.54, 1.807) is 18.4 Å². The van der Waals surface area contributed by atoms with E-state index in [4.69, 9.17) is 4.74 Å². The molecule has 142 valence electrons. The number of rotatable bonds is 0. The van der Waals surface area contributed by atoms with E-state index in [0.717, 1.165) is 27.9 Å². The number of carbonyl (C=O) groups is 1. The average Bonchev–Trinajstić information content (AvgIpc) is 2.74. The van der Waals surface area contributed by atoms with Crippen LogP contribution in [0.25, 0.3) is 10.9 Å². The van der Waals surface area contributed by atoms with E-state index in [9.17, 15) is 4.79 Å². The van der Waals surface area contributed by atoms with E-state index in [0.29, 0.717) is 12.4 Å². The summed E-state index contributed by atoms with van der Waals surface area (Å²) in [7, 11) is 0. The van der Waals surface area contributed by atoms with Gasteiger partial charge in [0, 0.05) is 28.9 Å². The quantitative estimate of drug-likeness (QED) is 0.624. The number of benzene rings is 2. The average molecular weight is 382 g/mol. The monoisotopic (exact) mass is 382 g/mol. The molecule has 0 saturated heterocycles. The first kappa shape index (κ1) is 18.3. The van der Waals surface area contributed by atoms with Crippen molar-refractivity contribution in [3.8, 4) is 5.75 Å². The summed E-state index contributed by atoms with van der Waals surface area (Å²) in [6.45, 7) is 0.419. The number of aliphatic imine (C=N–C) groups is 1. The maximum absolute atomic E-state index is 12.0. The van der Waals surface area contributed by atoms with E-state index in [1.165, 1.54) is 12.4 Å². The van der Waals surface area contributed by atoms with Crippen LogP contribution < -0.4 is 10.1 Å². The van der Waals surface area contributed by atoms with Crippen molar-refractivity contribution < 1.29 is 9.53 Å². The third-order valence-corrected chi connectivity index (χ3v) is 4.21. The molecule has 6 heteroatoms. The highest BCUT2D eigenvalue weighted by Gasteiger charge is 2.08. The van der Waals surface area contributed by atoms with Crippen LogP contribution in [-0.2, 0) is 4.79 Å². The van der Waals surface area contributed by atoms with Gasteiger partial charge in [-0.2, -0.15) is 0 Å². The molecule has 1 amide bonds. The first-order valence-corrected chi connectivity index (χ1v) is 9.11. The van der Waals surface area contributed by atoms with Crippen molar-refractivity contribution in [2.24, 2.45) is 4.99 Å². The molecular weight excluding hydrogens is 364 g/mol. The zero-order valence-electron chi connectivity index (χ0n) is 15.5. The fourth-order valence-electron chi connectivity index (χ4n) is 2.80. The number of hydrogen-bond donors (Lipinski definition) is 1. The molecule has 4 rings (SSSR count). The molecule has 0 unspecified atom stereocenters. The molecule has 0 fully saturated rings. The molecule has 0 saturated carbocycles. The summed E-state index contributed by atoms with van der Waals surface area (Å²) in [5.41, 5.74) is 2.35. The van der Waals surface area contributed by atoms with Gasteiger partial charge in [-0.05, 0) is 30.3 Å². The lowest BCUT2D eigenvalue weighted by Crippen LogP contribution is -2.00. The van der Waals surface area contributed by atoms with Gasteiger partial charge in [-0.3, -0.25) is 4.79 Å². The lowest BCUT2D eigenvalue weighted by atomic mass is 10.1. The Kier molecular flexibility index (Phi) is 5.53. The van der Waals surface area contributed by atoms with Crippen molar-refractivity contribution in [2.75, 3.05) is 11.9 Å². The van der Waals surface area contributed by atoms with Crippen molar-refractivity contribution in [3.63, 3.8) is 0 Å². The highest BCUT2D eigenvalue weighted by atomic mass is 16.5. The number of nitrogens with one attached hydrogen (secondary N) is 1. The molecule has 1 aromatic heterocycles. The Morgan fingerprint density at radius 1 is 0.966 bits per heavy atom. The number of fused-ring (bicyclic) bond motifs is 2. The van der Waals surface area contributed by atoms with Crippen LogP contribution in [0.3, 0.4) is 0 Å². The van der Waals surface area contributed by atoms with Crippen LogP contribution in [0, 0.1) is 0 Å². The molecule has 0 atom stereocenters. The topological polar surface area (TPSA) is 76.5 Å². The fourth-order valence-corrected chi connectivity index (χ4v) is 2.80. The predicted molar refractivity (Wildman–Crippen MR) is 115 cm³/mol. The summed E-state index contributed by atoms with van der Waals surface area (Å²) in [5.74, 6) is 1.03. The second kappa shape index (κ2) is 8.75. The number of aromatic nitrogens is 2. The van der Waals surface area contributed by atoms with Gasteiger partial charge >= 0.3 is 0 Å². The Morgan fingerprint density at radius 2 is 1.86 bits per heavy atom. The summed E-state index contributed by atoms with van der Waals surface area (Å²) < 4.78 is 5.80. The number of carbonyl (C=O) groups excluding carboxylic acids is 1. The largest absolute Gasteiger partial charge is 0.490 e. The molecule has 3 aromatic rings. The van der Waals surface area contributed by atoms with E-state index < -0.39 is 0 Å². The van der Waals surface area contributed by atoms with Crippen molar-refractivity contribution in [1.29, 1.82) is 0 Å². The molecule has 0 radical (unpaired) electrons. The van der Waals surface area contributed by atoms with Gasteiger partial charge in [0.15, 0.2) is 0 Å². The van der Waals surface area contributed by atoms with Gasteiger partial charge in [-0.1, -0.05) is 42.5 Å². The summed E-state index contributed by atoms with van der Waals surface area (Å²) in [4.78, 5) is 24.7. The minimum absolute atomic E-state index is 0.338. The number of nitrogens with zero attached hydrogens (tertiary/aromatic N) is 3. The van der Waals surface area contributed by atoms with Crippen molar-refractivity contribution in [2.45, 2.75) is 0 Å². The first-order valence-electron chi connectivity index (χ1n) is 9.11. The van der Waals surface area contributed by atoms with E-state index in [-0.39, 0.29) is 5.91 Å². The van der Waals surface area contributed by atoms with Gasteiger partial charge in [0.05, 0.1) is 5.52 Å². The normalized spacial score (nSPS) is 17.4. The Bertz CT molecular complexity index is 1160. The molecule has 0 spiro atoms. The predicted octanol–water partition coefficient (Wildman–Crippen LogP) is 4.38. The Labute approximate surface area is 168 Å². The molecule has 1 aliphatic rings. The maximum Gasteiger partial charge on any atom is 0.269 e. The van der Waals surface area contributed by atoms with Crippen molar-refractivity contribution in [3.05, 3.63) is 90.8 Å². The Hall–Kier alpha value is -4.06. The summed E-state index contributed by atoms with van der Waals surface area (Å²) in [5, 5.41) is 4.16. The second-order valence-corrected chi connectivity index (χ2v) is 6.19. The van der Waals surface area contributed by atoms with Crippen LogP contribution in [0.4, 0.5) is 11.5 Å². The van der Waals surface area contributed by atoms with Crippen LogP contribution in [0.2, 0.25) is 0 Å². The van der Waals surface area contributed by atoms with Crippen molar-refractivity contribution in [1.82, 2.24) is 9.97 Å². The van der Waals surface area contributed by atoms with E-state index in [1.807, 2.05) is 60.7 Å². The zero-order valence-corrected chi connectivity index (χ0v) is 15.5. The Morgan fingerprint density at radius 3 is 2.83 bits per heavy atom. The number of hydrogen-bond acceptors (Lipinski definition) is 5. The second-order valence-electron chi connectivity index (χ2n) is 6.19. The molecule has 6 nitrogen and oxygen atoms in total. The molecule has 1 aliphatic heterocycles. The molecule has 2 heterocycles. The molecule has 2 bridgehead atoms. The SMILES string of the molecule is O=C1\C=C/C=C\C=C/COc2ccc3ncnc(c3c2)Nc2ccccc2C=N1. The first-order chi connectivity index (χ1) is 14.3. The third kappa shape index (κ3) is 4.62. The summed E-state index contributed by atoms with van der Waals surface area (Å²) >= 11 is 0. The molecular formula is C23H18N4O2. The number of allylic oxidation sites excluding steroid dienone is 4. The molecule has 0 aliphatic carbocycles. The fraction of sp³-hybridized carbons (Fsp3) is 0.0435. The Balaban J connectivity index is 1.79. The van der Waals surface area contributed by atoms with Crippen LogP contribution >= 0.6 is 0 Å². The van der Waals surface area contributed by atoms with Crippen LogP contribution in [-0.4, -0.2) is 28.7 Å². The lowest BCUT2D eigenvalue weighted by Gasteiger charge is -2.11. The zero-order chi connectivity index (χ0) is 19.9. The third-order valence-electron chi connectivity index (χ3n) is 4.21. The molecule has 29 heavy (non-hydrogen) atoms. The highest BCUT2D eigenvalue weighted by Crippen LogP contribution is 2.27. The van der Waals surface area contributed by atoms with Gasteiger partial charge in [-0.15, -0.1) is 0 Å². The van der Waals surface area contributed by atoms with Crippen LogP contribution in [0.15, 0.2) is 90.2 Å². The minimum Gasteiger partial charge on any atom is -0.490 e. The number of anilines is 2. The van der Waals surface area contributed by atoms with Gasteiger partial charge in [0.2, 0.25) is 0 Å². The molecule has 2 aromatic carbocycles. The number of para-hydroxylation sites is 1. The van der Waals surface area contributed by atoms with Crippen molar-refractivity contribution >= 4 is 34.5 Å². The number of ether oxygens (including phenoxy) is 1. The van der Waals surface area contributed by atoms with E-state index >= 15 is 0 Å². The minimum atomic E-state index is -0.338. The highest BCUT2D eigenvalue weighted by molar-refractivity contribution is 6.01. The van der Waals surface area contributed by atoms with Gasteiger partial charge in [-0.25, -0.2) is 15.0 Å². The van der Waals surface area contributed by atoms with Gasteiger partial charge in [0.25, 0.3) is 5.91 Å². The van der Waals surface area contributed by atoms with Gasteiger partial charge in [0.1, 0.15) is 24.5 Å².